The van der Waals surface area contributed by atoms with Gasteiger partial charge in [0.1, 0.15) is 5.82 Å². The molecule has 1 aliphatic heterocycles. The standard InChI is InChI=1S/C18H21FN2O3/c19-15-7-3-4-8-16(15)20-9-11-21(12-10-20)17(22)13-5-1-2-6-14(13)18(23)24/h1-4,7-8,13-14H,5-6,9-12H2,(H,23,24). The number of allylic oxidation sites excluding steroid dienone is 2. The highest BCUT2D eigenvalue weighted by Gasteiger charge is 2.37. The molecule has 1 N–H and O–H groups in total. The number of carboxylic acid groups (broad SMARTS) is 1. The number of halogens is 1. The van der Waals surface area contributed by atoms with E-state index < -0.39 is 17.8 Å². The van der Waals surface area contributed by atoms with Crippen molar-refractivity contribution in [3.63, 3.8) is 0 Å². The van der Waals surface area contributed by atoms with E-state index in [1.54, 1.807) is 23.1 Å². The van der Waals surface area contributed by atoms with E-state index in [4.69, 9.17) is 0 Å². The molecule has 2 unspecified atom stereocenters. The number of rotatable bonds is 3. The first-order valence-electron chi connectivity index (χ1n) is 8.24. The number of amides is 1. The summed E-state index contributed by atoms with van der Waals surface area (Å²) in [6.07, 6.45) is 4.60. The van der Waals surface area contributed by atoms with Gasteiger partial charge in [0.25, 0.3) is 0 Å². The van der Waals surface area contributed by atoms with E-state index in [0.29, 0.717) is 44.7 Å². The van der Waals surface area contributed by atoms with Crippen molar-refractivity contribution in [2.75, 3.05) is 31.1 Å². The molecule has 1 aromatic rings. The second-order valence-corrected chi connectivity index (χ2v) is 6.26. The van der Waals surface area contributed by atoms with Crippen LogP contribution in [0, 0.1) is 17.7 Å². The maximum Gasteiger partial charge on any atom is 0.307 e. The lowest BCUT2D eigenvalue weighted by Crippen LogP contribution is -2.52. The van der Waals surface area contributed by atoms with Gasteiger partial charge in [-0.1, -0.05) is 24.3 Å². The number of anilines is 1. The minimum Gasteiger partial charge on any atom is -0.481 e. The molecule has 0 aromatic heterocycles. The van der Waals surface area contributed by atoms with Crippen molar-refractivity contribution in [1.29, 1.82) is 0 Å². The number of para-hydroxylation sites is 1. The van der Waals surface area contributed by atoms with Crippen LogP contribution >= 0.6 is 0 Å². The molecule has 6 heteroatoms. The average molecular weight is 332 g/mol. The van der Waals surface area contributed by atoms with Crippen molar-refractivity contribution in [2.45, 2.75) is 12.8 Å². The molecule has 1 aromatic carbocycles. The zero-order valence-electron chi connectivity index (χ0n) is 13.4. The molecule has 0 saturated carbocycles. The largest absolute Gasteiger partial charge is 0.481 e. The van der Waals surface area contributed by atoms with Crippen LogP contribution in [0.3, 0.4) is 0 Å². The maximum absolute atomic E-state index is 13.9. The van der Waals surface area contributed by atoms with Crippen LogP contribution in [0.1, 0.15) is 12.8 Å². The van der Waals surface area contributed by atoms with E-state index in [1.807, 2.05) is 17.1 Å². The second kappa shape index (κ2) is 7.03. The fraction of sp³-hybridized carbons (Fsp3) is 0.444. The van der Waals surface area contributed by atoms with Crippen LogP contribution < -0.4 is 4.90 Å². The summed E-state index contributed by atoms with van der Waals surface area (Å²) >= 11 is 0. The summed E-state index contributed by atoms with van der Waals surface area (Å²) in [5, 5.41) is 9.32. The molecule has 0 bridgehead atoms. The third kappa shape index (κ3) is 3.27. The number of hydrogen-bond donors (Lipinski definition) is 1. The quantitative estimate of drug-likeness (QED) is 0.862. The fourth-order valence-corrected chi connectivity index (χ4v) is 3.47. The van der Waals surface area contributed by atoms with E-state index >= 15 is 0 Å². The van der Waals surface area contributed by atoms with E-state index in [0.717, 1.165) is 0 Å². The summed E-state index contributed by atoms with van der Waals surface area (Å²) in [5.41, 5.74) is 0.550. The molecule has 24 heavy (non-hydrogen) atoms. The Morgan fingerprint density at radius 2 is 1.62 bits per heavy atom. The first-order chi connectivity index (χ1) is 11.6. The summed E-state index contributed by atoms with van der Waals surface area (Å²) in [4.78, 5) is 27.7. The first-order valence-corrected chi connectivity index (χ1v) is 8.24. The van der Waals surface area contributed by atoms with Crippen molar-refractivity contribution in [3.8, 4) is 0 Å². The number of piperazine rings is 1. The summed E-state index contributed by atoms with van der Waals surface area (Å²) in [6, 6.07) is 6.61. The molecule has 0 radical (unpaired) electrons. The van der Waals surface area contributed by atoms with Gasteiger partial charge in [-0.2, -0.15) is 0 Å². The van der Waals surface area contributed by atoms with Gasteiger partial charge >= 0.3 is 5.97 Å². The average Bonchev–Trinajstić information content (AvgIpc) is 2.62. The third-order valence-corrected chi connectivity index (χ3v) is 4.85. The third-order valence-electron chi connectivity index (χ3n) is 4.85. The zero-order chi connectivity index (χ0) is 17.1. The lowest BCUT2D eigenvalue weighted by molar-refractivity contribution is -0.150. The Kier molecular flexibility index (Phi) is 4.83. The van der Waals surface area contributed by atoms with Gasteiger partial charge in [0.15, 0.2) is 0 Å². The van der Waals surface area contributed by atoms with Crippen LogP contribution in [-0.4, -0.2) is 48.1 Å². The predicted octanol–water partition coefficient (Wildman–Crippen LogP) is 2.14. The highest BCUT2D eigenvalue weighted by atomic mass is 19.1. The Morgan fingerprint density at radius 1 is 1.00 bits per heavy atom. The van der Waals surface area contributed by atoms with E-state index in [1.165, 1.54) is 6.07 Å². The SMILES string of the molecule is O=C(O)C1CC=CCC1C(=O)N1CCN(c2ccccc2F)CC1. The van der Waals surface area contributed by atoms with E-state index in [-0.39, 0.29) is 11.7 Å². The van der Waals surface area contributed by atoms with Gasteiger partial charge in [0, 0.05) is 26.2 Å². The Bertz CT molecular complexity index is 653. The molecule has 0 spiro atoms. The lowest BCUT2D eigenvalue weighted by Gasteiger charge is -2.38. The number of carbonyl (C=O) groups excluding carboxylic acids is 1. The van der Waals surface area contributed by atoms with E-state index in [2.05, 4.69) is 0 Å². The maximum atomic E-state index is 13.9. The molecule has 2 aliphatic rings. The van der Waals surface area contributed by atoms with Gasteiger partial charge < -0.3 is 14.9 Å². The summed E-state index contributed by atoms with van der Waals surface area (Å²) in [6.45, 7) is 2.07. The molecule has 3 rings (SSSR count). The van der Waals surface area contributed by atoms with Crippen molar-refractivity contribution in [1.82, 2.24) is 4.90 Å². The second-order valence-electron chi connectivity index (χ2n) is 6.26. The number of hydrogen-bond acceptors (Lipinski definition) is 3. The molecule has 128 valence electrons. The van der Waals surface area contributed by atoms with Crippen molar-refractivity contribution >= 4 is 17.6 Å². The molecular weight excluding hydrogens is 311 g/mol. The topological polar surface area (TPSA) is 60.9 Å². The minimum absolute atomic E-state index is 0.0973. The normalized spacial score (nSPS) is 24.0. The van der Waals surface area contributed by atoms with Gasteiger partial charge in [-0.05, 0) is 25.0 Å². The lowest BCUT2D eigenvalue weighted by atomic mass is 9.82. The predicted molar refractivity (Wildman–Crippen MR) is 88.2 cm³/mol. The van der Waals surface area contributed by atoms with Gasteiger partial charge in [0.05, 0.1) is 17.5 Å². The smallest absolute Gasteiger partial charge is 0.307 e. The van der Waals surface area contributed by atoms with Crippen LogP contribution in [0.25, 0.3) is 0 Å². The van der Waals surface area contributed by atoms with Gasteiger partial charge in [-0.3, -0.25) is 9.59 Å². The number of aliphatic carboxylic acids is 1. The molecule has 2 atom stereocenters. The van der Waals surface area contributed by atoms with Crippen molar-refractivity contribution < 1.29 is 19.1 Å². The summed E-state index contributed by atoms with van der Waals surface area (Å²) < 4.78 is 13.9. The molecule has 1 fully saturated rings. The molecule has 5 nitrogen and oxygen atoms in total. The fourth-order valence-electron chi connectivity index (χ4n) is 3.47. The molecule has 1 saturated heterocycles. The molecule has 1 heterocycles. The molecular formula is C18H21FN2O3. The minimum atomic E-state index is -0.914. The Balaban J connectivity index is 1.64. The van der Waals surface area contributed by atoms with Crippen LogP contribution in [0.4, 0.5) is 10.1 Å². The van der Waals surface area contributed by atoms with Crippen LogP contribution in [0.5, 0.6) is 0 Å². The van der Waals surface area contributed by atoms with Crippen LogP contribution in [-0.2, 0) is 9.59 Å². The first kappa shape index (κ1) is 16.5. The Hall–Kier alpha value is -2.37. The zero-order valence-corrected chi connectivity index (χ0v) is 13.4. The van der Waals surface area contributed by atoms with E-state index in [9.17, 15) is 19.1 Å². The summed E-state index contributed by atoms with van der Waals surface area (Å²) in [5.74, 6) is -2.41. The highest BCUT2D eigenvalue weighted by Crippen LogP contribution is 2.28. The Labute approximate surface area is 140 Å². The van der Waals surface area contributed by atoms with Gasteiger partial charge in [-0.25, -0.2) is 4.39 Å². The summed E-state index contributed by atoms with van der Waals surface area (Å²) in [7, 11) is 0. The van der Waals surface area contributed by atoms with Crippen LogP contribution in [0.2, 0.25) is 0 Å². The number of nitrogens with zero attached hydrogens (tertiary/aromatic N) is 2. The van der Waals surface area contributed by atoms with Gasteiger partial charge in [-0.15, -0.1) is 0 Å². The molecule has 1 amide bonds. The number of carboxylic acids is 1. The Morgan fingerprint density at radius 3 is 2.25 bits per heavy atom. The van der Waals surface area contributed by atoms with Gasteiger partial charge in [0.2, 0.25) is 5.91 Å². The van der Waals surface area contributed by atoms with Crippen molar-refractivity contribution in [2.24, 2.45) is 11.8 Å². The molecule has 1 aliphatic carbocycles. The number of carbonyl (C=O) groups is 2. The number of benzene rings is 1. The van der Waals surface area contributed by atoms with Crippen molar-refractivity contribution in [3.05, 3.63) is 42.2 Å². The highest BCUT2D eigenvalue weighted by molar-refractivity contribution is 5.85. The monoisotopic (exact) mass is 332 g/mol. The van der Waals surface area contributed by atoms with Crippen LogP contribution in [0.15, 0.2) is 36.4 Å².